The van der Waals surface area contributed by atoms with E-state index in [9.17, 15) is 0 Å². The first-order valence-corrected chi connectivity index (χ1v) is 7.63. The summed E-state index contributed by atoms with van der Waals surface area (Å²) in [5, 5.41) is 8.93. The van der Waals surface area contributed by atoms with Crippen LogP contribution < -0.4 is 0 Å². The first-order valence-electron chi connectivity index (χ1n) is 7.63. The fourth-order valence-electron chi connectivity index (χ4n) is 2.08. The molecular formula is C16H34O3. The number of aliphatic hydroxyl groups excluding tert-OH is 1. The summed E-state index contributed by atoms with van der Waals surface area (Å²) in [5.74, 6) is 1.25. The standard InChI is InChI=1S/C16H34O3/c1-8-12(2)9-13(3)16(6,7)19-15(5)11-18-14(4)10-17/h12-15,17H,8-11H2,1-7H3. The van der Waals surface area contributed by atoms with E-state index in [-0.39, 0.29) is 24.4 Å². The molecule has 0 aromatic heterocycles. The number of aliphatic hydroxyl groups is 1. The highest BCUT2D eigenvalue weighted by Gasteiger charge is 2.29. The molecule has 1 N–H and O–H groups in total. The van der Waals surface area contributed by atoms with Crippen molar-refractivity contribution in [2.24, 2.45) is 11.8 Å². The smallest absolute Gasteiger partial charge is 0.0788 e. The Morgan fingerprint density at radius 3 is 2.11 bits per heavy atom. The van der Waals surface area contributed by atoms with E-state index >= 15 is 0 Å². The fraction of sp³-hybridized carbons (Fsp3) is 1.00. The van der Waals surface area contributed by atoms with Gasteiger partial charge in [0.1, 0.15) is 0 Å². The molecule has 0 aromatic carbocycles. The van der Waals surface area contributed by atoms with Crippen LogP contribution in [0.1, 0.15) is 61.3 Å². The minimum absolute atomic E-state index is 0.0448. The summed E-state index contributed by atoms with van der Waals surface area (Å²) in [6, 6.07) is 0. The van der Waals surface area contributed by atoms with Crippen molar-refractivity contribution in [2.75, 3.05) is 13.2 Å². The second kappa shape index (κ2) is 8.93. The van der Waals surface area contributed by atoms with Gasteiger partial charge in [-0.1, -0.05) is 27.2 Å². The van der Waals surface area contributed by atoms with Crippen molar-refractivity contribution in [1.29, 1.82) is 0 Å². The van der Waals surface area contributed by atoms with Gasteiger partial charge < -0.3 is 14.6 Å². The summed E-state index contributed by atoms with van der Waals surface area (Å²) >= 11 is 0. The Morgan fingerprint density at radius 2 is 1.63 bits per heavy atom. The molecule has 0 bridgehead atoms. The van der Waals surface area contributed by atoms with Crippen LogP contribution in [0.3, 0.4) is 0 Å². The van der Waals surface area contributed by atoms with E-state index in [0.717, 1.165) is 5.92 Å². The molecular weight excluding hydrogens is 240 g/mol. The van der Waals surface area contributed by atoms with Crippen molar-refractivity contribution in [3.8, 4) is 0 Å². The topological polar surface area (TPSA) is 38.7 Å². The van der Waals surface area contributed by atoms with E-state index in [0.29, 0.717) is 12.5 Å². The maximum atomic E-state index is 8.93. The predicted octanol–water partition coefficient (Wildman–Crippen LogP) is 3.64. The van der Waals surface area contributed by atoms with Gasteiger partial charge in [-0.15, -0.1) is 0 Å². The van der Waals surface area contributed by atoms with E-state index < -0.39 is 0 Å². The summed E-state index contributed by atoms with van der Waals surface area (Å²) < 4.78 is 11.6. The van der Waals surface area contributed by atoms with Gasteiger partial charge in [0, 0.05) is 0 Å². The van der Waals surface area contributed by atoms with Gasteiger partial charge >= 0.3 is 0 Å². The molecule has 0 heterocycles. The maximum Gasteiger partial charge on any atom is 0.0788 e. The van der Waals surface area contributed by atoms with Gasteiger partial charge in [-0.3, -0.25) is 0 Å². The normalized spacial score (nSPS) is 18.9. The lowest BCUT2D eigenvalue weighted by Crippen LogP contribution is -2.38. The van der Waals surface area contributed by atoms with Crippen LogP contribution in [0.5, 0.6) is 0 Å². The van der Waals surface area contributed by atoms with Crippen molar-refractivity contribution >= 4 is 0 Å². The Kier molecular flexibility index (Phi) is 8.88. The zero-order valence-corrected chi connectivity index (χ0v) is 13.9. The first kappa shape index (κ1) is 18.9. The molecule has 0 fully saturated rings. The van der Waals surface area contributed by atoms with Crippen molar-refractivity contribution in [3.63, 3.8) is 0 Å². The van der Waals surface area contributed by atoms with Gasteiger partial charge in [0.2, 0.25) is 0 Å². The van der Waals surface area contributed by atoms with Crippen molar-refractivity contribution in [2.45, 2.75) is 79.1 Å². The van der Waals surface area contributed by atoms with Crippen molar-refractivity contribution in [1.82, 2.24) is 0 Å². The summed E-state index contributed by atoms with van der Waals surface area (Å²) in [6.07, 6.45) is 2.33. The lowest BCUT2D eigenvalue weighted by molar-refractivity contribution is -0.130. The van der Waals surface area contributed by atoms with Crippen LogP contribution in [-0.4, -0.2) is 36.1 Å². The molecule has 19 heavy (non-hydrogen) atoms. The minimum Gasteiger partial charge on any atom is -0.394 e. The number of ether oxygens (including phenoxy) is 2. The number of hydrogen-bond donors (Lipinski definition) is 1. The highest BCUT2D eigenvalue weighted by molar-refractivity contribution is 4.79. The lowest BCUT2D eigenvalue weighted by atomic mass is 9.84. The molecule has 4 unspecified atom stereocenters. The molecule has 4 atom stereocenters. The fourth-order valence-corrected chi connectivity index (χ4v) is 2.08. The molecule has 0 aliphatic rings. The molecule has 0 aliphatic carbocycles. The van der Waals surface area contributed by atoms with Gasteiger partial charge in [-0.25, -0.2) is 0 Å². The van der Waals surface area contributed by atoms with Gasteiger partial charge in [0.05, 0.1) is 31.0 Å². The second-order valence-electron chi connectivity index (χ2n) is 6.51. The SMILES string of the molecule is CCC(C)CC(C)C(C)(C)OC(C)COC(C)CO. The highest BCUT2D eigenvalue weighted by atomic mass is 16.6. The van der Waals surface area contributed by atoms with Gasteiger partial charge in [-0.2, -0.15) is 0 Å². The molecule has 3 nitrogen and oxygen atoms in total. The first-order chi connectivity index (χ1) is 8.72. The average molecular weight is 274 g/mol. The molecule has 0 radical (unpaired) electrons. The van der Waals surface area contributed by atoms with E-state index in [1.54, 1.807) is 0 Å². The molecule has 3 heteroatoms. The molecule has 0 saturated carbocycles. The predicted molar refractivity (Wildman–Crippen MR) is 80.4 cm³/mol. The zero-order chi connectivity index (χ0) is 15.1. The van der Waals surface area contributed by atoms with Crippen molar-refractivity contribution in [3.05, 3.63) is 0 Å². The number of rotatable bonds is 10. The third-order valence-corrected chi connectivity index (χ3v) is 4.02. The molecule has 116 valence electrons. The van der Waals surface area contributed by atoms with E-state index in [2.05, 4.69) is 34.6 Å². The Hall–Kier alpha value is -0.120. The summed E-state index contributed by atoms with van der Waals surface area (Å²) in [6.45, 7) is 15.6. The van der Waals surface area contributed by atoms with Crippen LogP contribution in [0.4, 0.5) is 0 Å². The van der Waals surface area contributed by atoms with Crippen LogP contribution in [-0.2, 0) is 9.47 Å². The lowest BCUT2D eigenvalue weighted by Gasteiger charge is -2.36. The third kappa shape index (κ3) is 7.91. The van der Waals surface area contributed by atoms with Crippen LogP contribution >= 0.6 is 0 Å². The Morgan fingerprint density at radius 1 is 1.05 bits per heavy atom. The summed E-state index contributed by atoms with van der Waals surface area (Å²) in [4.78, 5) is 0. The molecule has 0 rings (SSSR count). The molecule has 0 amide bonds. The third-order valence-electron chi connectivity index (χ3n) is 4.02. The van der Waals surface area contributed by atoms with Gasteiger partial charge in [0.15, 0.2) is 0 Å². The molecule has 0 spiro atoms. The maximum absolute atomic E-state index is 8.93. The van der Waals surface area contributed by atoms with Crippen LogP contribution in [0, 0.1) is 11.8 Å². The van der Waals surface area contributed by atoms with Crippen LogP contribution in [0.2, 0.25) is 0 Å². The Balaban J connectivity index is 4.18. The molecule has 0 aromatic rings. The highest BCUT2D eigenvalue weighted by Crippen LogP contribution is 2.29. The van der Waals surface area contributed by atoms with E-state index in [1.807, 2.05) is 13.8 Å². The molecule has 0 saturated heterocycles. The van der Waals surface area contributed by atoms with E-state index in [1.165, 1.54) is 12.8 Å². The minimum atomic E-state index is -0.144. The largest absolute Gasteiger partial charge is 0.394 e. The number of hydrogen-bond acceptors (Lipinski definition) is 3. The van der Waals surface area contributed by atoms with Crippen molar-refractivity contribution < 1.29 is 14.6 Å². The van der Waals surface area contributed by atoms with Gasteiger partial charge in [0.25, 0.3) is 0 Å². The summed E-state index contributed by atoms with van der Waals surface area (Å²) in [5.41, 5.74) is -0.144. The quantitative estimate of drug-likeness (QED) is 0.661. The average Bonchev–Trinajstić information content (AvgIpc) is 2.34. The monoisotopic (exact) mass is 274 g/mol. The second-order valence-corrected chi connectivity index (χ2v) is 6.51. The Bertz CT molecular complexity index is 228. The van der Waals surface area contributed by atoms with Crippen LogP contribution in [0.15, 0.2) is 0 Å². The summed E-state index contributed by atoms with van der Waals surface area (Å²) in [7, 11) is 0. The molecule has 0 aliphatic heterocycles. The zero-order valence-electron chi connectivity index (χ0n) is 13.9. The van der Waals surface area contributed by atoms with E-state index in [4.69, 9.17) is 14.6 Å². The van der Waals surface area contributed by atoms with Crippen LogP contribution in [0.25, 0.3) is 0 Å². The Labute approximate surface area is 119 Å². The van der Waals surface area contributed by atoms with Gasteiger partial charge in [-0.05, 0) is 46.0 Å².